The SMILES string of the molecule is Cc1cc2nn(-c3ccc(Cl)cc3)nc2cc1NC(=O)c1cccnc1Cl. The number of benzene rings is 2. The molecule has 0 aliphatic rings. The number of carbonyl (C=O) groups excluding carboxylic acids is 1. The van der Waals surface area contributed by atoms with E-state index in [1.807, 2.05) is 25.1 Å². The standard InChI is InChI=1S/C19H13Cl2N5O/c1-11-9-16-17(25-26(24-16)13-6-4-12(20)5-7-13)10-15(11)23-19(27)14-3-2-8-22-18(14)21/h2-10H,1H3,(H,23,27). The zero-order valence-corrected chi connectivity index (χ0v) is 15.7. The lowest BCUT2D eigenvalue weighted by Crippen LogP contribution is -2.13. The number of amides is 1. The fraction of sp³-hybridized carbons (Fsp3) is 0.0526. The summed E-state index contributed by atoms with van der Waals surface area (Å²) in [4.78, 5) is 18.0. The number of nitrogens with one attached hydrogen (secondary N) is 1. The van der Waals surface area contributed by atoms with Crippen LogP contribution < -0.4 is 5.32 Å². The molecule has 2 aromatic heterocycles. The van der Waals surface area contributed by atoms with Gasteiger partial charge in [0.1, 0.15) is 16.2 Å². The van der Waals surface area contributed by atoms with Gasteiger partial charge in [-0.2, -0.15) is 4.80 Å². The number of pyridine rings is 1. The van der Waals surface area contributed by atoms with Gasteiger partial charge in [0, 0.05) is 16.9 Å². The second kappa shape index (κ2) is 6.98. The van der Waals surface area contributed by atoms with Crippen LogP contribution in [0.2, 0.25) is 10.2 Å². The Morgan fingerprint density at radius 1 is 1.04 bits per heavy atom. The number of nitrogens with zero attached hydrogens (tertiary/aromatic N) is 4. The lowest BCUT2D eigenvalue weighted by molar-refractivity contribution is 0.102. The number of rotatable bonds is 3. The minimum atomic E-state index is -0.333. The molecule has 0 unspecified atom stereocenters. The van der Waals surface area contributed by atoms with Crippen LogP contribution in [0.1, 0.15) is 15.9 Å². The van der Waals surface area contributed by atoms with Crippen molar-refractivity contribution in [2.24, 2.45) is 0 Å². The first kappa shape index (κ1) is 17.5. The molecule has 0 saturated carbocycles. The van der Waals surface area contributed by atoms with Gasteiger partial charge >= 0.3 is 0 Å². The van der Waals surface area contributed by atoms with E-state index in [2.05, 4.69) is 20.5 Å². The Morgan fingerprint density at radius 2 is 1.74 bits per heavy atom. The molecule has 4 aromatic rings. The molecular formula is C19H13Cl2N5O. The van der Waals surface area contributed by atoms with Gasteiger partial charge in [0.2, 0.25) is 0 Å². The van der Waals surface area contributed by atoms with E-state index in [-0.39, 0.29) is 11.1 Å². The summed E-state index contributed by atoms with van der Waals surface area (Å²) in [6, 6.07) is 14.2. The Kier molecular flexibility index (Phi) is 4.51. The molecule has 4 rings (SSSR count). The van der Waals surface area contributed by atoms with Crippen LogP contribution in [-0.2, 0) is 0 Å². The maximum atomic E-state index is 12.5. The second-order valence-corrected chi connectivity index (χ2v) is 6.71. The van der Waals surface area contributed by atoms with Crippen molar-refractivity contribution in [3.05, 3.63) is 76.0 Å². The van der Waals surface area contributed by atoms with Crippen molar-refractivity contribution in [1.29, 1.82) is 0 Å². The lowest BCUT2D eigenvalue weighted by atomic mass is 10.1. The van der Waals surface area contributed by atoms with Crippen molar-refractivity contribution in [1.82, 2.24) is 20.0 Å². The summed E-state index contributed by atoms with van der Waals surface area (Å²) in [7, 11) is 0. The highest BCUT2D eigenvalue weighted by atomic mass is 35.5. The second-order valence-electron chi connectivity index (χ2n) is 5.92. The molecule has 0 spiro atoms. The zero-order valence-electron chi connectivity index (χ0n) is 14.1. The number of aryl methyl sites for hydroxylation is 1. The normalized spacial score (nSPS) is 10.9. The van der Waals surface area contributed by atoms with Crippen LogP contribution in [-0.4, -0.2) is 25.9 Å². The van der Waals surface area contributed by atoms with E-state index in [4.69, 9.17) is 23.2 Å². The van der Waals surface area contributed by atoms with E-state index in [0.29, 0.717) is 21.8 Å². The summed E-state index contributed by atoms with van der Waals surface area (Å²) in [6.07, 6.45) is 1.53. The largest absolute Gasteiger partial charge is 0.322 e. The van der Waals surface area contributed by atoms with Crippen molar-refractivity contribution in [2.45, 2.75) is 6.92 Å². The minimum absolute atomic E-state index is 0.155. The zero-order chi connectivity index (χ0) is 19.0. The van der Waals surface area contributed by atoms with Gasteiger partial charge in [-0.05, 0) is 61.0 Å². The maximum absolute atomic E-state index is 12.5. The Hall–Kier alpha value is -2.96. The molecule has 2 aromatic carbocycles. The van der Waals surface area contributed by atoms with E-state index >= 15 is 0 Å². The highest BCUT2D eigenvalue weighted by molar-refractivity contribution is 6.33. The van der Waals surface area contributed by atoms with E-state index < -0.39 is 0 Å². The van der Waals surface area contributed by atoms with E-state index in [9.17, 15) is 4.79 Å². The van der Waals surface area contributed by atoms with Gasteiger partial charge in [0.25, 0.3) is 5.91 Å². The number of hydrogen-bond acceptors (Lipinski definition) is 4. The Bertz CT molecular complexity index is 1150. The van der Waals surface area contributed by atoms with Gasteiger partial charge in [-0.1, -0.05) is 23.2 Å². The predicted octanol–water partition coefficient (Wildman–Crippen LogP) is 4.68. The monoisotopic (exact) mass is 397 g/mol. The van der Waals surface area contributed by atoms with Crippen LogP contribution in [0.25, 0.3) is 16.7 Å². The molecule has 0 atom stereocenters. The number of fused-ring (bicyclic) bond motifs is 1. The molecule has 2 heterocycles. The summed E-state index contributed by atoms with van der Waals surface area (Å²) < 4.78 is 0. The fourth-order valence-electron chi connectivity index (χ4n) is 2.64. The third-order valence-corrected chi connectivity index (χ3v) is 4.59. The van der Waals surface area contributed by atoms with Crippen LogP contribution in [0.5, 0.6) is 0 Å². The van der Waals surface area contributed by atoms with Gasteiger partial charge in [-0.15, -0.1) is 10.2 Å². The van der Waals surface area contributed by atoms with E-state index in [1.54, 1.807) is 30.3 Å². The third-order valence-electron chi connectivity index (χ3n) is 4.04. The predicted molar refractivity (Wildman–Crippen MR) is 106 cm³/mol. The number of carbonyl (C=O) groups is 1. The Balaban J connectivity index is 1.68. The topological polar surface area (TPSA) is 72.7 Å². The molecule has 27 heavy (non-hydrogen) atoms. The van der Waals surface area contributed by atoms with Gasteiger partial charge in [0.05, 0.1) is 11.3 Å². The third kappa shape index (κ3) is 3.49. The van der Waals surface area contributed by atoms with Crippen molar-refractivity contribution < 1.29 is 4.79 Å². The van der Waals surface area contributed by atoms with Crippen molar-refractivity contribution in [2.75, 3.05) is 5.32 Å². The highest BCUT2D eigenvalue weighted by Crippen LogP contribution is 2.24. The average molecular weight is 398 g/mol. The molecule has 0 aliphatic heterocycles. The highest BCUT2D eigenvalue weighted by Gasteiger charge is 2.14. The van der Waals surface area contributed by atoms with Crippen LogP contribution in [0.4, 0.5) is 5.69 Å². The van der Waals surface area contributed by atoms with Crippen molar-refractivity contribution >= 4 is 45.8 Å². The number of halogens is 2. The number of aromatic nitrogens is 4. The lowest BCUT2D eigenvalue weighted by Gasteiger charge is -2.08. The fourth-order valence-corrected chi connectivity index (χ4v) is 2.97. The first-order valence-electron chi connectivity index (χ1n) is 8.07. The smallest absolute Gasteiger partial charge is 0.258 e. The van der Waals surface area contributed by atoms with Crippen LogP contribution in [0.3, 0.4) is 0 Å². The molecule has 134 valence electrons. The Morgan fingerprint density at radius 3 is 2.44 bits per heavy atom. The van der Waals surface area contributed by atoms with E-state index in [0.717, 1.165) is 16.8 Å². The molecule has 6 nitrogen and oxygen atoms in total. The molecule has 0 fully saturated rings. The van der Waals surface area contributed by atoms with Crippen LogP contribution in [0.15, 0.2) is 54.7 Å². The summed E-state index contributed by atoms with van der Waals surface area (Å²) in [6.45, 7) is 1.89. The summed E-state index contributed by atoms with van der Waals surface area (Å²) in [5.74, 6) is -0.333. The Labute approximate surface area is 164 Å². The van der Waals surface area contributed by atoms with Gasteiger partial charge in [-0.25, -0.2) is 4.98 Å². The molecule has 8 heteroatoms. The summed E-state index contributed by atoms with van der Waals surface area (Å²) in [5.41, 5.74) is 3.97. The van der Waals surface area contributed by atoms with Crippen molar-refractivity contribution in [3.63, 3.8) is 0 Å². The number of hydrogen-bond donors (Lipinski definition) is 1. The number of anilines is 1. The van der Waals surface area contributed by atoms with Crippen LogP contribution in [0, 0.1) is 6.92 Å². The van der Waals surface area contributed by atoms with Gasteiger partial charge < -0.3 is 5.32 Å². The van der Waals surface area contributed by atoms with Gasteiger partial charge in [0.15, 0.2) is 0 Å². The average Bonchev–Trinajstić information content (AvgIpc) is 3.05. The van der Waals surface area contributed by atoms with Crippen molar-refractivity contribution in [3.8, 4) is 5.69 Å². The van der Waals surface area contributed by atoms with Gasteiger partial charge in [-0.3, -0.25) is 4.79 Å². The first-order chi connectivity index (χ1) is 13.0. The molecular weight excluding hydrogens is 385 g/mol. The maximum Gasteiger partial charge on any atom is 0.258 e. The molecule has 0 radical (unpaired) electrons. The molecule has 0 saturated heterocycles. The summed E-state index contributed by atoms with van der Waals surface area (Å²) >= 11 is 11.9. The van der Waals surface area contributed by atoms with Crippen LogP contribution >= 0.6 is 23.2 Å². The molecule has 1 N–H and O–H groups in total. The first-order valence-corrected chi connectivity index (χ1v) is 8.82. The molecule has 1 amide bonds. The molecule has 0 bridgehead atoms. The minimum Gasteiger partial charge on any atom is -0.322 e. The van der Waals surface area contributed by atoms with E-state index in [1.165, 1.54) is 11.0 Å². The summed E-state index contributed by atoms with van der Waals surface area (Å²) in [5, 5.41) is 12.6. The quantitative estimate of drug-likeness (QED) is 0.509. The molecule has 0 aliphatic carbocycles.